The maximum atomic E-state index is 4.28. The van der Waals surface area contributed by atoms with Crippen molar-refractivity contribution in [1.29, 1.82) is 0 Å². The van der Waals surface area contributed by atoms with Crippen LogP contribution in [-0.2, 0) is 6.42 Å². The predicted octanol–water partition coefficient (Wildman–Crippen LogP) is 3.45. The van der Waals surface area contributed by atoms with Crippen molar-refractivity contribution in [3.05, 3.63) is 42.2 Å². The Labute approximate surface area is 99.6 Å². The van der Waals surface area contributed by atoms with E-state index in [4.69, 9.17) is 0 Å². The van der Waals surface area contributed by atoms with E-state index >= 15 is 0 Å². The normalized spacial score (nSPS) is 10.4. The molecule has 0 N–H and O–H groups in total. The summed E-state index contributed by atoms with van der Waals surface area (Å²) >= 11 is 0. The van der Waals surface area contributed by atoms with Crippen LogP contribution in [0.2, 0.25) is 19.6 Å². The molecule has 0 fully saturated rings. The molecule has 1 aromatic rings. The van der Waals surface area contributed by atoms with E-state index in [1.165, 1.54) is 0 Å². The molecular weight excluding hydrogens is 210 g/mol. The van der Waals surface area contributed by atoms with Crippen molar-refractivity contribution in [3.63, 3.8) is 0 Å². The summed E-state index contributed by atoms with van der Waals surface area (Å²) in [5, 5.41) is 0. The molecule has 0 aliphatic carbocycles. The summed E-state index contributed by atoms with van der Waals surface area (Å²) in [5.41, 5.74) is 5.56. The molecule has 0 saturated heterocycles. The average molecular weight is 229 g/mol. The molecule has 2 heteroatoms. The van der Waals surface area contributed by atoms with Gasteiger partial charge in [-0.05, 0) is 12.1 Å². The van der Waals surface area contributed by atoms with Gasteiger partial charge < -0.3 is 0 Å². The second kappa shape index (κ2) is 5.67. The predicted molar refractivity (Wildman–Crippen MR) is 72.8 cm³/mol. The Hall–Kier alpha value is -1.33. The van der Waals surface area contributed by atoms with Crippen molar-refractivity contribution in [1.82, 2.24) is 4.98 Å². The minimum Gasteiger partial charge on any atom is -0.261 e. The highest BCUT2D eigenvalue weighted by Gasteiger charge is 2.07. The number of aromatic nitrogens is 1. The average Bonchev–Trinajstić information content (AvgIpc) is 2.17. The lowest BCUT2D eigenvalue weighted by molar-refractivity contribution is 1.02. The molecule has 0 aliphatic rings. The number of rotatable bonds is 3. The van der Waals surface area contributed by atoms with Crippen molar-refractivity contribution >= 4 is 8.07 Å². The molecule has 1 heterocycles. The fourth-order valence-electron chi connectivity index (χ4n) is 1.26. The first-order valence-electron chi connectivity index (χ1n) is 5.54. The van der Waals surface area contributed by atoms with Gasteiger partial charge in [0.2, 0.25) is 0 Å². The van der Waals surface area contributed by atoms with Crippen LogP contribution in [0, 0.1) is 11.5 Å². The molecule has 1 rings (SSSR count). The first kappa shape index (κ1) is 12.7. The summed E-state index contributed by atoms with van der Waals surface area (Å²) in [7, 11) is -1.23. The highest BCUT2D eigenvalue weighted by atomic mass is 28.3. The Morgan fingerprint density at radius 2 is 2.12 bits per heavy atom. The van der Waals surface area contributed by atoms with Gasteiger partial charge in [-0.3, -0.25) is 4.98 Å². The van der Waals surface area contributed by atoms with E-state index in [-0.39, 0.29) is 0 Å². The Bertz CT molecular complexity index is 404. The number of hydrogen-bond donors (Lipinski definition) is 0. The van der Waals surface area contributed by atoms with Gasteiger partial charge in [-0.15, -0.1) is 11.5 Å². The van der Waals surface area contributed by atoms with E-state index in [1.54, 1.807) is 0 Å². The van der Waals surface area contributed by atoms with Gasteiger partial charge in [-0.25, -0.2) is 0 Å². The second-order valence-corrected chi connectivity index (χ2v) is 9.73. The Morgan fingerprint density at radius 3 is 2.69 bits per heavy atom. The molecule has 0 amide bonds. The fraction of sp³-hybridized carbons (Fsp3) is 0.357. The van der Waals surface area contributed by atoms with Gasteiger partial charge in [-0.2, -0.15) is 0 Å². The SMILES string of the molecule is C=C(CC#C[Si](C)(C)C)Cc1ccccn1. The van der Waals surface area contributed by atoms with E-state index in [9.17, 15) is 0 Å². The lowest BCUT2D eigenvalue weighted by Gasteiger charge is -2.04. The van der Waals surface area contributed by atoms with Crippen molar-refractivity contribution in [2.75, 3.05) is 0 Å². The summed E-state index contributed by atoms with van der Waals surface area (Å²) in [6.07, 6.45) is 3.44. The molecule has 84 valence electrons. The number of allylic oxidation sites excluding steroid dienone is 1. The summed E-state index contributed by atoms with van der Waals surface area (Å²) < 4.78 is 0. The minimum absolute atomic E-state index is 0.793. The third-order valence-corrected chi connectivity index (χ3v) is 2.89. The van der Waals surface area contributed by atoms with Crippen molar-refractivity contribution < 1.29 is 0 Å². The van der Waals surface area contributed by atoms with Gasteiger partial charge in [-0.1, -0.05) is 37.9 Å². The lowest BCUT2D eigenvalue weighted by atomic mass is 10.1. The number of nitrogens with zero attached hydrogens (tertiary/aromatic N) is 1. The van der Waals surface area contributed by atoms with Crippen LogP contribution in [0.3, 0.4) is 0 Å². The van der Waals surface area contributed by atoms with E-state index in [0.717, 1.165) is 24.1 Å². The largest absolute Gasteiger partial charge is 0.261 e. The van der Waals surface area contributed by atoms with Crippen LogP contribution in [0.1, 0.15) is 12.1 Å². The fourth-order valence-corrected chi connectivity index (χ4v) is 1.87. The highest BCUT2D eigenvalue weighted by molar-refractivity contribution is 6.83. The van der Waals surface area contributed by atoms with Crippen LogP contribution in [-0.4, -0.2) is 13.1 Å². The topological polar surface area (TPSA) is 12.9 Å². The molecule has 1 aromatic heterocycles. The molecule has 0 atom stereocenters. The molecule has 0 unspecified atom stereocenters. The van der Waals surface area contributed by atoms with E-state index < -0.39 is 8.07 Å². The van der Waals surface area contributed by atoms with Crippen molar-refractivity contribution in [3.8, 4) is 11.5 Å². The van der Waals surface area contributed by atoms with Crippen LogP contribution < -0.4 is 0 Å². The van der Waals surface area contributed by atoms with Gasteiger partial charge in [0.25, 0.3) is 0 Å². The quantitative estimate of drug-likeness (QED) is 0.439. The van der Waals surface area contributed by atoms with Crippen LogP contribution >= 0.6 is 0 Å². The third-order valence-electron chi connectivity index (χ3n) is 1.96. The number of pyridine rings is 1. The van der Waals surface area contributed by atoms with E-state index in [0.29, 0.717) is 0 Å². The third kappa shape index (κ3) is 5.52. The van der Waals surface area contributed by atoms with Crippen LogP contribution in [0.5, 0.6) is 0 Å². The summed E-state index contributed by atoms with van der Waals surface area (Å²) in [4.78, 5) is 4.28. The summed E-state index contributed by atoms with van der Waals surface area (Å²) in [5.74, 6) is 3.23. The first-order chi connectivity index (χ1) is 7.47. The maximum Gasteiger partial charge on any atom is 0.129 e. The molecule has 16 heavy (non-hydrogen) atoms. The van der Waals surface area contributed by atoms with Gasteiger partial charge >= 0.3 is 0 Å². The molecule has 1 nitrogen and oxygen atoms in total. The second-order valence-electron chi connectivity index (χ2n) is 4.98. The Morgan fingerprint density at radius 1 is 1.38 bits per heavy atom. The zero-order chi connectivity index (χ0) is 12.0. The molecule has 0 aliphatic heterocycles. The summed E-state index contributed by atoms with van der Waals surface area (Å²) in [6, 6.07) is 5.96. The van der Waals surface area contributed by atoms with Crippen molar-refractivity contribution in [2.24, 2.45) is 0 Å². The Balaban J connectivity index is 2.46. The van der Waals surface area contributed by atoms with E-state index in [1.807, 2.05) is 24.4 Å². The molecule has 0 radical (unpaired) electrons. The van der Waals surface area contributed by atoms with Gasteiger partial charge in [0.1, 0.15) is 8.07 Å². The first-order valence-corrected chi connectivity index (χ1v) is 9.04. The van der Waals surface area contributed by atoms with Gasteiger partial charge in [0.15, 0.2) is 0 Å². The van der Waals surface area contributed by atoms with Crippen LogP contribution in [0.25, 0.3) is 0 Å². The smallest absolute Gasteiger partial charge is 0.129 e. The minimum atomic E-state index is -1.23. The molecule has 0 saturated carbocycles. The van der Waals surface area contributed by atoms with E-state index in [2.05, 4.69) is 42.7 Å². The van der Waals surface area contributed by atoms with Gasteiger partial charge in [0.05, 0.1) is 0 Å². The van der Waals surface area contributed by atoms with Crippen molar-refractivity contribution in [2.45, 2.75) is 32.5 Å². The van der Waals surface area contributed by atoms with Crippen LogP contribution in [0.15, 0.2) is 36.5 Å². The zero-order valence-electron chi connectivity index (χ0n) is 10.4. The monoisotopic (exact) mass is 229 g/mol. The van der Waals surface area contributed by atoms with Crippen LogP contribution in [0.4, 0.5) is 0 Å². The molecule has 0 bridgehead atoms. The molecular formula is C14H19NSi. The maximum absolute atomic E-state index is 4.28. The zero-order valence-corrected chi connectivity index (χ0v) is 11.4. The standard InChI is InChI=1S/C14H19NSi/c1-13(8-7-11-16(2,3)4)12-14-9-5-6-10-15-14/h5-6,9-10H,1,8,12H2,2-4H3. The Kier molecular flexibility index (Phi) is 4.51. The van der Waals surface area contributed by atoms with Gasteiger partial charge in [0, 0.05) is 24.7 Å². The lowest BCUT2D eigenvalue weighted by Crippen LogP contribution is -2.16. The number of hydrogen-bond acceptors (Lipinski definition) is 1. The summed E-state index contributed by atoms with van der Waals surface area (Å²) in [6.45, 7) is 10.8. The molecule has 0 aromatic carbocycles. The highest BCUT2D eigenvalue weighted by Crippen LogP contribution is 2.06. The molecule has 0 spiro atoms.